The van der Waals surface area contributed by atoms with Crippen LogP contribution in [0.15, 0.2) is 24.4 Å². The lowest BCUT2D eigenvalue weighted by Crippen LogP contribution is -2.50. The van der Waals surface area contributed by atoms with Crippen LogP contribution in [0.2, 0.25) is 0 Å². The largest absolute Gasteiger partial charge is 0.292 e. The third-order valence-corrected chi connectivity index (χ3v) is 4.78. The maximum absolute atomic E-state index is 4.71. The second-order valence-corrected chi connectivity index (χ2v) is 5.85. The van der Waals surface area contributed by atoms with Crippen molar-refractivity contribution in [3.63, 3.8) is 0 Å². The first-order chi connectivity index (χ1) is 8.92. The lowest BCUT2D eigenvalue weighted by molar-refractivity contribution is 0.0269. The maximum atomic E-state index is 4.71. The molecule has 2 nitrogen and oxygen atoms in total. The molecule has 1 aliphatic carbocycles. The van der Waals surface area contributed by atoms with E-state index >= 15 is 0 Å². The van der Waals surface area contributed by atoms with Crippen molar-refractivity contribution in [1.82, 2.24) is 9.88 Å². The third kappa shape index (κ3) is 2.18. The number of nitrogens with zero attached hydrogens (tertiary/aromatic N) is 2. The Morgan fingerprint density at radius 1 is 0.889 bits per heavy atom. The average molecular weight is 244 g/mol. The van der Waals surface area contributed by atoms with Gasteiger partial charge in [-0.25, -0.2) is 0 Å². The van der Waals surface area contributed by atoms with Crippen molar-refractivity contribution < 1.29 is 0 Å². The van der Waals surface area contributed by atoms with Gasteiger partial charge in [0.25, 0.3) is 0 Å². The fourth-order valence-corrected chi connectivity index (χ4v) is 3.83. The highest BCUT2D eigenvalue weighted by molar-refractivity contribution is 5.17. The Kier molecular flexibility index (Phi) is 3.64. The highest BCUT2D eigenvalue weighted by Crippen LogP contribution is 2.42. The number of hydrogen-bond acceptors (Lipinski definition) is 2. The van der Waals surface area contributed by atoms with Gasteiger partial charge in [0.2, 0.25) is 0 Å². The van der Waals surface area contributed by atoms with Gasteiger partial charge in [-0.15, -0.1) is 0 Å². The molecule has 0 radical (unpaired) electrons. The van der Waals surface area contributed by atoms with Crippen molar-refractivity contribution in [3.05, 3.63) is 30.1 Å². The van der Waals surface area contributed by atoms with Crippen LogP contribution in [0.25, 0.3) is 0 Å². The van der Waals surface area contributed by atoms with E-state index in [9.17, 15) is 0 Å². The molecule has 1 saturated carbocycles. The second kappa shape index (κ2) is 5.40. The smallest absolute Gasteiger partial charge is 0.0633 e. The fourth-order valence-electron chi connectivity index (χ4n) is 3.83. The molecule has 2 heterocycles. The SMILES string of the molecule is c1ccc(C2(N3CCCCC3)CCCCC2)nc1. The predicted molar refractivity (Wildman–Crippen MR) is 74.4 cm³/mol. The zero-order valence-corrected chi connectivity index (χ0v) is 11.3. The molecule has 3 rings (SSSR count). The maximum Gasteiger partial charge on any atom is 0.0633 e. The molecule has 0 amide bonds. The van der Waals surface area contributed by atoms with Crippen molar-refractivity contribution in [3.8, 4) is 0 Å². The highest BCUT2D eigenvalue weighted by atomic mass is 15.2. The first-order valence-corrected chi connectivity index (χ1v) is 7.58. The number of pyridine rings is 1. The summed E-state index contributed by atoms with van der Waals surface area (Å²) in [4.78, 5) is 7.46. The molecule has 1 saturated heterocycles. The van der Waals surface area contributed by atoms with Gasteiger partial charge >= 0.3 is 0 Å². The lowest BCUT2D eigenvalue weighted by atomic mass is 9.76. The number of rotatable bonds is 2. The van der Waals surface area contributed by atoms with Crippen molar-refractivity contribution in [1.29, 1.82) is 0 Å². The van der Waals surface area contributed by atoms with Gasteiger partial charge in [-0.1, -0.05) is 31.7 Å². The quantitative estimate of drug-likeness (QED) is 0.788. The van der Waals surface area contributed by atoms with Gasteiger partial charge < -0.3 is 0 Å². The van der Waals surface area contributed by atoms with E-state index < -0.39 is 0 Å². The molecular weight excluding hydrogens is 220 g/mol. The number of piperidine rings is 1. The number of aromatic nitrogens is 1. The third-order valence-electron chi connectivity index (χ3n) is 4.78. The summed E-state index contributed by atoms with van der Waals surface area (Å²) in [6, 6.07) is 6.44. The van der Waals surface area contributed by atoms with Gasteiger partial charge in [-0.2, -0.15) is 0 Å². The summed E-state index contributed by atoms with van der Waals surface area (Å²) >= 11 is 0. The van der Waals surface area contributed by atoms with Crippen LogP contribution in [0, 0.1) is 0 Å². The fraction of sp³-hybridized carbons (Fsp3) is 0.688. The monoisotopic (exact) mass is 244 g/mol. The molecule has 0 aromatic carbocycles. The molecule has 0 bridgehead atoms. The van der Waals surface area contributed by atoms with E-state index in [2.05, 4.69) is 17.0 Å². The Labute approximate surface area is 110 Å². The van der Waals surface area contributed by atoms with Crippen LogP contribution >= 0.6 is 0 Å². The minimum Gasteiger partial charge on any atom is -0.292 e. The first kappa shape index (κ1) is 12.2. The van der Waals surface area contributed by atoms with Crippen LogP contribution in [0.5, 0.6) is 0 Å². The Bertz CT molecular complexity index is 362. The molecule has 1 aliphatic heterocycles. The van der Waals surface area contributed by atoms with E-state index in [-0.39, 0.29) is 5.54 Å². The normalized spacial score (nSPS) is 24.9. The van der Waals surface area contributed by atoms with Gasteiger partial charge in [0, 0.05) is 6.20 Å². The molecular formula is C16H24N2. The molecule has 18 heavy (non-hydrogen) atoms. The van der Waals surface area contributed by atoms with Crippen molar-refractivity contribution in [2.75, 3.05) is 13.1 Å². The number of hydrogen-bond donors (Lipinski definition) is 0. The van der Waals surface area contributed by atoms with E-state index in [0.29, 0.717) is 0 Å². The van der Waals surface area contributed by atoms with E-state index in [1.165, 1.54) is 70.2 Å². The van der Waals surface area contributed by atoms with Crippen LogP contribution in [-0.4, -0.2) is 23.0 Å². The Morgan fingerprint density at radius 3 is 2.28 bits per heavy atom. The van der Waals surface area contributed by atoms with E-state index in [4.69, 9.17) is 4.98 Å². The second-order valence-electron chi connectivity index (χ2n) is 5.85. The average Bonchev–Trinajstić information content (AvgIpc) is 2.50. The summed E-state index contributed by atoms with van der Waals surface area (Å²) in [7, 11) is 0. The van der Waals surface area contributed by atoms with Gasteiger partial charge in [-0.05, 0) is 50.9 Å². The van der Waals surface area contributed by atoms with Crippen molar-refractivity contribution in [2.24, 2.45) is 0 Å². The van der Waals surface area contributed by atoms with Crippen LogP contribution in [-0.2, 0) is 5.54 Å². The van der Waals surface area contributed by atoms with Gasteiger partial charge in [0.15, 0.2) is 0 Å². The number of likely N-dealkylation sites (tertiary alicyclic amines) is 1. The summed E-state index contributed by atoms with van der Waals surface area (Å²) in [5.41, 5.74) is 1.59. The Hall–Kier alpha value is -0.890. The topological polar surface area (TPSA) is 16.1 Å². The predicted octanol–water partition coefficient (Wildman–Crippen LogP) is 3.73. The van der Waals surface area contributed by atoms with Crippen LogP contribution < -0.4 is 0 Å². The van der Waals surface area contributed by atoms with Crippen molar-refractivity contribution in [2.45, 2.75) is 56.9 Å². The molecule has 1 aromatic heterocycles. The molecule has 1 aromatic rings. The standard InChI is InChI=1S/C16H24N2/c1-4-10-16(11-5-1,15-9-3-6-12-17-15)18-13-7-2-8-14-18/h3,6,9,12H,1-2,4-5,7-8,10-11,13-14H2. The Morgan fingerprint density at radius 2 is 1.61 bits per heavy atom. The molecule has 0 N–H and O–H groups in total. The minimum absolute atomic E-state index is 0.264. The van der Waals surface area contributed by atoms with Crippen LogP contribution in [0.4, 0.5) is 0 Å². The molecule has 98 valence electrons. The van der Waals surface area contributed by atoms with Crippen LogP contribution in [0.3, 0.4) is 0 Å². The summed E-state index contributed by atoms with van der Waals surface area (Å²) in [5.74, 6) is 0. The van der Waals surface area contributed by atoms with E-state index in [1.54, 1.807) is 0 Å². The van der Waals surface area contributed by atoms with Crippen molar-refractivity contribution >= 4 is 0 Å². The van der Waals surface area contributed by atoms with Gasteiger partial charge in [0.05, 0.1) is 11.2 Å². The highest BCUT2D eigenvalue weighted by Gasteiger charge is 2.40. The minimum atomic E-state index is 0.264. The summed E-state index contributed by atoms with van der Waals surface area (Å²) in [5, 5.41) is 0. The molecule has 0 unspecified atom stereocenters. The Balaban J connectivity index is 1.92. The molecule has 2 heteroatoms. The zero-order valence-electron chi connectivity index (χ0n) is 11.3. The zero-order chi connectivity index (χ0) is 12.3. The molecule has 0 atom stereocenters. The first-order valence-electron chi connectivity index (χ1n) is 7.58. The summed E-state index contributed by atoms with van der Waals surface area (Å²) in [6.45, 7) is 2.55. The van der Waals surface area contributed by atoms with E-state index in [0.717, 1.165) is 0 Å². The molecule has 2 fully saturated rings. The summed E-state index contributed by atoms with van der Waals surface area (Å²) in [6.07, 6.45) is 12.9. The van der Waals surface area contributed by atoms with Gasteiger partial charge in [-0.3, -0.25) is 9.88 Å². The van der Waals surface area contributed by atoms with Crippen LogP contribution in [0.1, 0.15) is 57.1 Å². The summed E-state index contributed by atoms with van der Waals surface area (Å²) < 4.78 is 0. The lowest BCUT2D eigenvalue weighted by Gasteiger charge is -2.47. The molecule has 0 spiro atoms. The van der Waals surface area contributed by atoms with Gasteiger partial charge in [0.1, 0.15) is 0 Å². The molecule has 2 aliphatic rings. The van der Waals surface area contributed by atoms with E-state index in [1.807, 2.05) is 12.3 Å².